The number of benzene rings is 1. The molecule has 8 nitrogen and oxygen atoms in total. The second-order valence-corrected chi connectivity index (χ2v) is 9.48. The summed E-state index contributed by atoms with van der Waals surface area (Å²) < 4.78 is 5.23. The number of aromatic nitrogens is 3. The summed E-state index contributed by atoms with van der Waals surface area (Å²) in [4.78, 5) is 13.8. The molecule has 4 aliphatic carbocycles. The standard InChI is InChI=1S/C23H32N6O2/c1-31-19-4-2-15(3-5-19)14-25-21-26-20(24-6-7-30)27-22(28-21)29-23-11-16-8-17(12-23)10-18(9-16)13-23/h2-5,16-18,30H,6-14H2,1H3,(H3,24,25,26,27,28,29). The van der Waals surface area contributed by atoms with Crippen molar-refractivity contribution in [3.05, 3.63) is 29.8 Å². The third kappa shape index (κ3) is 4.54. The van der Waals surface area contributed by atoms with Gasteiger partial charge in [0.1, 0.15) is 5.75 Å². The van der Waals surface area contributed by atoms with Gasteiger partial charge < -0.3 is 25.8 Å². The molecule has 0 atom stereocenters. The first-order valence-electron chi connectivity index (χ1n) is 11.4. The van der Waals surface area contributed by atoms with Gasteiger partial charge in [-0.05, 0) is 74.0 Å². The molecule has 0 aliphatic heterocycles. The third-order valence-electron chi connectivity index (χ3n) is 7.06. The Balaban J connectivity index is 1.33. The number of rotatable bonds is 9. The number of hydrogen-bond donors (Lipinski definition) is 4. The number of aliphatic hydroxyl groups excluding tert-OH is 1. The van der Waals surface area contributed by atoms with E-state index in [4.69, 9.17) is 9.72 Å². The number of nitrogens with zero attached hydrogens (tertiary/aromatic N) is 3. The Kier molecular flexibility index (Phi) is 5.56. The molecular weight excluding hydrogens is 392 g/mol. The molecule has 6 rings (SSSR count). The highest BCUT2D eigenvalue weighted by atomic mass is 16.5. The van der Waals surface area contributed by atoms with Crippen molar-refractivity contribution in [1.82, 2.24) is 15.0 Å². The molecule has 4 saturated carbocycles. The van der Waals surface area contributed by atoms with Crippen molar-refractivity contribution in [3.63, 3.8) is 0 Å². The van der Waals surface area contributed by atoms with Gasteiger partial charge in [-0.15, -0.1) is 0 Å². The van der Waals surface area contributed by atoms with Crippen molar-refractivity contribution in [3.8, 4) is 5.75 Å². The van der Waals surface area contributed by atoms with E-state index in [1.807, 2.05) is 24.3 Å². The zero-order valence-corrected chi connectivity index (χ0v) is 18.1. The summed E-state index contributed by atoms with van der Waals surface area (Å²) in [7, 11) is 1.66. The summed E-state index contributed by atoms with van der Waals surface area (Å²) in [6.45, 7) is 1.03. The summed E-state index contributed by atoms with van der Waals surface area (Å²) in [6.07, 6.45) is 7.86. The molecule has 1 heterocycles. The van der Waals surface area contributed by atoms with Gasteiger partial charge in [-0.1, -0.05) is 12.1 Å². The minimum Gasteiger partial charge on any atom is -0.497 e. The Morgan fingerprint density at radius 1 is 0.903 bits per heavy atom. The zero-order chi connectivity index (χ0) is 21.3. The van der Waals surface area contributed by atoms with E-state index in [0.29, 0.717) is 30.9 Å². The summed E-state index contributed by atoms with van der Waals surface area (Å²) >= 11 is 0. The fraction of sp³-hybridized carbons (Fsp3) is 0.609. The first-order chi connectivity index (χ1) is 15.1. The second-order valence-electron chi connectivity index (χ2n) is 9.48. The summed E-state index contributed by atoms with van der Waals surface area (Å²) in [5, 5.41) is 19.3. The Hall–Kier alpha value is -2.61. The maximum absolute atomic E-state index is 9.20. The highest BCUT2D eigenvalue weighted by Gasteiger charge is 2.51. The van der Waals surface area contributed by atoms with Crippen LogP contribution in [0.15, 0.2) is 24.3 Å². The first-order valence-corrected chi connectivity index (χ1v) is 11.4. The van der Waals surface area contributed by atoms with E-state index in [0.717, 1.165) is 29.1 Å². The molecule has 4 fully saturated rings. The van der Waals surface area contributed by atoms with Crippen LogP contribution in [0.1, 0.15) is 44.1 Å². The topological polar surface area (TPSA) is 104 Å². The number of hydrogen-bond acceptors (Lipinski definition) is 8. The molecule has 166 valence electrons. The van der Waals surface area contributed by atoms with E-state index in [-0.39, 0.29) is 12.1 Å². The molecule has 31 heavy (non-hydrogen) atoms. The smallest absolute Gasteiger partial charge is 0.229 e. The number of ether oxygens (including phenoxy) is 1. The molecule has 0 unspecified atom stereocenters. The lowest BCUT2D eigenvalue weighted by Gasteiger charge is -2.56. The van der Waals surface area contributed by atoms with Crippen LogP contribution >= 0.6 is 0 Å². The quantitative estimate of drug-likeness (QED) is 0.486. The monoisotopic (exact) mass is 424 g/mol. The molecule has 0 spiro atoms. The van der Waals surface area contributed by atoms with Crippen LogP contribution in [-0.2, 0) is 6.54 Å². The highest BCUT2D eigenvalue weighted by molar-refractivity contribution is 5.44. The van der Waals surface area contributed by atoms with E-state index in [1.54, 1.807) is 7.11 Å². The van der Waals surface area contributed by atoms with Gasteiger partial charge in [-0.3, -0.25) is 0 Å². The molecule has 1 aromatic carbocycles. The molecule has 0 radical (unpaired) electrons. The van der Waals surface area contributed by atoms with E-state index < -0.39 is 0 Å². The fourth-order valence-electron chi connectivity index (χ4n) is 6.18. The van der Waals surface area contributed by atoms with E-state index in [9.17, 15) is 5.11 Å². The minimum atomic E-state index is 0.0258. The average Bonchev–Trinajstić information content (AvgIpc) is 2.75. The van der Waals surface area contributed by atoms with E-state index >= 15 is 0 Å². The lowest BCUT2D eigenvalue weighted by molar-refractivity contribution is 0.0103. The van der Waals surface area contributed by atoms with Crippen LogP contribution in [0, 0.1) is 17.8 Å². The largest absolute Gasteiger partial charge is 0.497 e. The molecule has 1 aromatic heterocycles. The van der Waals surface area contributed by atoms with Gasteiger partial charge in [0.2, 0.25) is 17.8 Å². The predicted octanol–water partition coefficient (Wildman–Crippen LogP) is 3.28. The summed E-state index contributed by atoms with van der Waals surface area (Å²) in [6, 6.07) is 7.93. The van der Waals surface area contributed by atoms with Crippen LogP contribution < -0.4 is 20.7 Å². The van der Waals surface area contributed by atoms with Crippen molar-refractivity contribution < 1.29 is 9.84 Å². The zero-order valence-electron chi connectivity index (χ0n) is 18.1. The van der Waals surface area contributed by atoms with Gasteiger partial charge in [0, 0.05) is 18.6 Å². The molecule has 0 amide bonds. The van der Waals surface area contributed by atoms with Gasteiger partial charge in [0.15, 0.2) is 0 Å². The Morgan fingerprint density at radius 3 is 2.06 bits per heavy atom. The molecule has 4 N–H and O–H groups in total. The van der Waals surface area contributed by atoms with Gasteiger partial charge in [0.25, 0.3) is 0 Å². The molecule has 4 aliphatic rings. The van der Waals surface area contributed by atoms with E-state index in [1.165, 1.54) is 38.5 Å². The SMILES string of the molecule is COc1ccc(CNc2nc(NCCO)nc(NC34CC5CC(CC(C5)C3)C4)n2)cc1. The van der Waals surface area contributed by atoms with Crippen LogP contribution in [0.3, 0.4) is 0 Å². The van der Waals surface area contributed by atoms with Crippen LogP contribution in [0.5, 0.6) is 5.75 Å². The van der Waals surface area contributed by atoms with E-state index in [2.05, 4.69) is 25.9 Å². The number of methoxy groups -OCH3 is 1. The molecule has 8 heteroatoms. The van der Waals surface area contributed by atoms with Gasteiger partial charge in [-0.25, -0.2) is 0 Å². The van der Waals surface area contributed by atoms with Gasteiger partial charge >= 0.3 is 0 Å². The molecule has 4 bridgehead atoms. The van der Waals surface area contributed by atoms with Crippen LogP contribution in [0.4, 0.5) is 17.8 Å². The van der Waals surface area contributed by atoms with Crippen LogP contribution in [0.2, 0.25) is 0 Å². The lowest BCUT2D eigenvalue weighted by atomic mass is 9.53. The normalized spacial score (nSPS) is 28.4. The number of anilines is 3. The van der Waals surface area contributed by atoms with Crippen molar-refractivity contribution in [2.24, 2.45) is 17.8 Å². The average molecular weight is 425 g/mol. The summed E-state index contributed by atoms with van der Waals surface area (Å²) in [5.41, 5.74) is 1.24. The number of nitrogens with one attached hydrogen (secondary N) is 3. The minimum absolute atomic E-state index is 0.0258. The molecule has 0 saturated heterocycles. The molecule has 2 aromatic rings. The highest BCUT2D eigenvalue weighted by Crippen LogP contribution is 2.56. The van der Waals surface area contributed by atoms with Crippen LogP contribution in [0.25, 0.3) is 0 Å². The van der Waals surface area contributed by atoms with Crippen molar-refractivity contribution in [2.45, 2.75) is 50.6 Å². The number of aliphatic hydroxyl groups is 1. The Labute approximate surface area is 183 Å². The first kappa shape index (κ1) is 20.3. The van der Waals surface area contributed by atoms with Gasteiger partial charge in [0.05, 0.1) is 13.7 Å². The van der Waals surface area contributed by atoms with Crippen LogP contribution in [-0.4, -0.2) is 45.9 Å². The maximum Gasteiger partial charge on any atom is 0.229 e. The predicted molar refractivity (Wildman–Crippen MR) is 120 cm³/mol. The van der Waals surface area contributed by atoms with Crippen molar-refractivity contribution in [1.29, 1.82) is 0 Å². The fourth-order valence-corrected chi connectivity index (χ4v) is 6.18. The second kappa shape index (κ2) is 8.49. The maximum atomic E-state index is 9.20. The Morgan fingerprint density at radius 2 is 1.48 bits per heavy atom. The van der Waals surface area contributed by atoms with Gasteiger partial charge in [-0.2, -0.15) is 15.0 Å². The lowest BCUT2D eigenvalue weighted by Crippen LogP contribution is -2.55. The summed E-state index contributed by atoms with van der Waals surface area (Å²) in [5.74, 6) is 5.00. The molecular formula is C23H32N6O2. The Bertz CT molecular complexity index is 868. The third-order valence-corrected chi connectivity index (χ3v) is 7.06. The van der Waals surface area contributed by atoms with Crippen molar-refractivity contribution in [2.75, 3.05) is 36.2 Å². The van der Waals surface area contributed by atoms with Crippen molar-refractivity contribution >= 4 is 17.8 Å².